The van der Waals surface area contributed by atoms with Crippen molar-refractivity contribution in [2.45, 2.75) is 33.1 Å². The third kappa shape index (κ3) is 1.97. The van der Waals surface area contributed by atoms with E-state index in [1.54, 1.807) is 0 Å². The summed E-state index contributed by atoms with van der Waals surface area (Å²) >= 11 is 0. The fraction of sp³-hybridized carbons (Fsp3) is 0.500. The Morgan fingerprint density at radius 3 is 2.80 bits per heavy atom. The molecule has 0 amide bonds. The summed E-state index contributed by atoms with van der Waals surface area (Å²) in [6, 6.07) is 8.04. The van der Waals surface area contributed by atoms with Crippen molar-refractivity contribution in [2.75, 3.05) is 0 Å². The van der Waals surface area contributed by atoms with Crippen LogP contribution in [-0.4, -0.2) is 5.78 Å². The fourth-order valence-electron chi connectivity index (χ4n) is 2.36. The molecule has 0 saturated heterocycles. The third-order valence-corrected chi connectivity index (χ3v) is 3.50. The third-order valence-electron chi connectivity index (χ3n) is 3.50. The van der Waals surface area contributed by atoms with Gasteiger partial charge in [-0.2, -0.15) is 0 Å². The van der Waals surface area contributed by atoms with Gasteiger partial charge in [-0.3, -0.25) is 4.79 Å². The van der Waals surface area contributed by atoms with Crippen LogP contribution in [0, 0.1) is 11.8 Å². The van der Waals surface area contributed by atoms with E-state index in [0.29, 0.717) is 11.7 Å². The van der Waals surface area contributed by atoms with Gasteiger partial charge >= 0.3 is 0 Å². The van der Waals surface area contributed by atoms with Crippen LogP contribution in [0.2, 0.25) is 0 Å². The number of rotatable bonds is 3. The van der Waals surface area contributed by atoms with Gasteiger partial charge in [0.25, 0.3) is 0 Å². The minimum atomic E-state index is 0.248. The van der Waals surface area contributed by atoms with Crippen LogP contribution in [0.4, 0.5) is 0 Å². The van der Waals surface area contributed by atoms with Crippen LogP contribution < -0.4 is 0 Å². The molecule has 0 radical (unpaired) electrons. The quantitative estimate of drug-likeness (QED) is 0.733. The second-order valence-electron chi connectivity index (χ2n) is 4.67. The molecule has 0 heterocycles. The molecule has 0 spiro atoms. The van der Waals surface area contributed by atoms with Gasteiger partial charge in [0.2, 0.25) is 0 Å². The van der Waals surface area contributed by atoms with Crippen molar-refractivity contribution in [3.63, 3.8) is 0 Å². The average molecular weight is 202 g/mol. The SMILES string of the molecule is CCC(C)CC1Cc2ccccc2C1=O. The molecule has 2 atom stereocenters. The first-order valence-electron chi connectivity index (χ1n) is 5.84. The number of fused-ring (bicyclic) bond motifs is 1. The van der Waals surface area contributed by atoms with Gasteiger partial charge in [0.15, 0.2) is 5.78 Å². The highest BCUT2D eigenvalue weighted by molar-refractivity contribution is 6.02. The lowest BCUT2D eigenvalue weighted by atomic mass is 9.91. The van der Waals surface area contributed by atoms with Gasteiger partial charge in [0.1, 0.15) is 0 Å². The van der Waals surface area contributed by atoms with E-state index in [0.717, 1.165) is 18.4 Å². The molecule has 2 unspecified atom stereocenters. The van der Waals surface area contributed by atoms with Crippen molar-refractivity contribution < 1.29 is 4.79 Å². The molecule has 0 aromatic heterocycles. The Kier molecular flexibility index (Phi) is 2.90. The monoisotopic (exact) mass is 202 g/mol. The lowest BCUT2D eigenvalue weighted by Crippen LogP contribution is -2.12. The molecule has 0 fully saturated rings. The van der Waals surface area contributed by atoms with Crippen molar-refractivity contribution in [1.29, 1.82) is 0 Å². The lowest BCUT2D eigenvalue weighted by molar-refractivity contribution is 0.0920. The van der Waals surface area contributed by atoms with Gasteiger partial charge in [0.05, 0.1) is 0 Å². The summed E-state index contributed by atoms with van der Waals surface area (Å²) in [6.45, 7) is 4.42. The zero-order valence-corrected chi connectivity index (χ0v) is 9.49. The number of Topliss-reactive ketones (excluding diaryl/α,β-unsaturated/α-hetero) is 1. The van der Waals surface area contributed by atoms with E-state index in [1.807, 2.05) is 18.2 Å². The van der Waals surface area contributed by atoms with Crippen LogP contribution in [0.15, 0.2) is 24.3 Å². The van der Waals surface area contributed by atoms with Crippen LogP contribution in [0.1, 0.15) is 42.6 Å². The summed E-state index contributed by atoms with van der Waals surface area (Å²) in [5.74, 6) is 1.27. The number of hydrogen-bond donors (Lipinski definition) is 0. The number of benzene rings is 1. The minimum absolute atomic E-state index is 0.248. The highest BCUT2D eigenvalue weighted by Gasteiger charge is 2.30. The first-order valence-corrected chi connectivity index (χ1v) is 5.84. The predicted octanol–water partition coefficient (Wildman–Crippen LogP) is 3.48. The number of hydrogen-bond acceptors (Lipinski definition) is 1. The molecule has 1 aliphatic carbocycles. The van der Waals surface area contributed by atoms with E-state index in [-0.39, 0.29) is 5.92 Å². The van der Waals surface area contributed by atoms with Crippen molar-refractivity contribution in [3.05, 3.63) is 35.4 Å². The van der Waals surface area contributed by atoms with Crippen molar-refractivity contribution in [3.8, 4) is 0 Å². The Balaban J connectivity index is 2.13. The van der Waals surface area contributed by atoms with Gasteiger partial charge in [-0.1, -0.05) is 44.5 Å². The van der Waals surface area contributed by atoms with Crippen LogP contribution in [0.5, 0.6) is 0 Å². The maximum absolute atomic E-state index is 12.0. The van der Waals surface area contributed by atoms with Crippen LogP contribution in [0.3, 0.4) is 0 Å². The molecule has 1 aliphatic rings. The largest absolute Gasteiger partial charge is 0.294 e. The Hall–Kier alpha value is -1.11. The first-order chi connectivity index (χ1) is 7.22. The number of ketones is 1. The minimum Gasteiger partial charge on any atom is -0.294 e. The van der Waals surface area contributed by atoms with Gasteiger partial charge in [-0.25, -0.2) is 0 Å². The van der Waals surface area contributed by atoms with E-state index in [1.165, 1.54) is 12.0 Å². The Labute approximate surface area is 91.5 Å². The van der Waals surface area contributed by atoms with E-state index in [9.17, 15) is 4.79 Å². The smallest absolute Gasteiger partial charge is 0.166 e. The molecule has 1 aromatic carbocycles. The standard InChI is InChI=1S/C14H18O/c1-3-10(2)8-12-9-11-6-4-5-7-13(11)14(12)15/h4-7,10,12H,3,8-9H2,1-2H3. The number of carbonyl (C=O) groups is 1. The predicted molar refractivity (Wildman–Crippen MR) is 62.0 cm³/mol. The molecule has 0 saturated carbocycles. The van der Waals surface area contributed by atoms with Gasteiger partial charge < -0.3 is 0 Å². The molecule has 15 heavy (non-hydrogen) atoms. The Morgan fingerprint density at radius 2 is 2.13 bits per heavy atom. The lowest BCUT2D eigenvalue weighted by Gasteiger charge is -2.12. The van der Waals surface area contributed by atoms with Crippen molar-refractivity contribution in [1.82, 2.24) is 0 Å². The number of carbonyl (C=O) groups excluding carboxylic acids is 1. The topological polar surface area (TPSA) is 17.1 Å². The molecular weight excluding hydrogens is 184 g/mol. The molecule has 0 bridgehead atoms. The molecule has 2 rings (SSSR count). The Bertz CT molecular complexity index is 367. The molecule has 1 nitrogen and oxygen atoms in total. The Morgan fingerprint density at radius 1 is 1.40 bits per heavy atom. The van der Waals surface area contributed by atoms with E-state index in [4.69, 9.17) is 0 Å². The second-order valence-corrected chi connectivity index (χ2v) is 4.67. The summed E-state index contributed by atoms with van der Waals surface area (Å²) < 4.78 is 0. The molecule has 0 N–H and O–H groups in total. The molecule has 0 aliphatic heterocycles. The van der Waals surface area contributed by atoms with Crippen molar-refractivity contribution >= 4 is 5.78 Å². The highest BCUT2D eigenvalue weighted by Crippen LogP contribution is 2.31. The van der Waals surface area contributed by atoms with E-state index < -0.39 is 0 Å². The summed E-state index contributed by atoms with van der Waals surface area (Å²) in [6.07, 6.45) is 3.17. The van der Waals surface area contributed by atoms with Gasteiger partial charge in [-0.05, 0) is 24.3 Å². The van der Waals surface area contributed by atoms with E-state index >= 15 is 0 Å². The van der Waals surface area contributed by atoms with E-state index in [2.05, 4.69) is 19.9 Å². The summed E-state index contributed by atoms with van der Waals surface area (Å²) in [5, 5.41) is 0. The first kappa shape index (κ1) is 10.4. The second kappa shape index (κ2) is 4.18. The molecule has 80 valence electrons. The zero-order chi connectivity index (χ0) is 10.8. The maximum Gasteiger partial charge on any atom is 0.166 e. The van der Waals surface area contributed by atoms with Crippen LogP contribution in [0.25, 0.3) is 0 Å². The summed E-state index contributed by atoms with van der Waals surface area (Å²) in [5.41, 5.74) is 2.21. The maximum atomic E-state index is 12.0. The summed E-state index contributed by atoms with van der Waals surface area (Å²) in [7, 11) is 0. The van der Waals surface area contributed by atoms with Crippen LogP contribution in [-0.2, 0) is 6.42 Å². The molecule has 1 aromatic rings. The van der Waals surface area contributed by atoms with Crippen LogP contribution >= 0.6 is 0 Å². The highest BCUT2D eigenvalue weighted by atomic mass is 16.1. The molecular formula is C14H18O. The molecule has 1 heteroatoms. The average Bonchev–Trinajstić information content (AvgIpc) is 2.57. The van der Waals surface area contributed by atoms with Crippen molar-refractivity contribution in [2.24, 2.45) is 11.8 Å². The van der Waals surface area contributed by atoms with Gasteiger partial charge in [-0.15, -0.1) is 0 Å². The van der Waals surface area contributed by atoms with Gasteiger partial charge in [0, 0.05) is 11.5 Å². The zero-order valence-electron chi connectivity index (χ0n) is 9.49. The fourth-order valence-corrected chi connectivity index (χ4v) is 2.36. The normalized spacial score (nSPS) is 21.5. The summed E-state index contributed by atoms with van der Waals surface area (Å²) in [4.78, 5) is 12.0.